The van der Waals surface area contributed by atoms with E-state index in [-0.39, 0.29) is 22.1 Å². The third-order valence-corrected chi connectivity index (χ3v) is 4.53. The van der Waals surface area contributed by atoms with Gasteiger partial charge in [-0.25, -0.2) is 0 Å². The van der Waals surface area contributed by atoms with E-state index in [1.807, 2.05) is 0 Å². The average molecular weight is 366 g/mol. The molecule has 8 nitrogen and oxygen atoms in total. The number of hydrogen-bond donors (Lipinski definition) is 2. The first-order chi connectivity index (χ1) is 11.9. The molecule has 25 heavy (non-hydrogen) atoms. The van der Waals surface area contributed by atoms with Crippen molar-refractivity contribution in [2.24, 2.45) is 5.10 Å². The predicted octanol–water partition coefficient (Wildman–Crippen LogP) is 1.73. The number of methoxy groups -OCH3 is 3. The lowest BCUT2D eigenvalue weighted by atomic mass is 10.2. The first-order valence-corrected chi connectivity index (χ1v) is 8.54. The van der Waals surface area contributed by atoms with Gasteiger partial charge in [-0.3, -0.25) is 0 Å². The van der Waals surface area contributed by atoms with Crippen molar-refractivity contribution in [2.75, 3.05) is 21.3 Å². The molecule has 2 aromatic carbocycles. The van der Waals surface area contributed by atoms with Gasteiger partial charge in [0, 0.05) is 11.6 Å². The SMILES string of the molecule is COc1ccc(OC)c(S(=O)(=O)N/N=C/c2cccc(OC)c2O)c1. The van der Waals surface area contributed by atoms with E-state index in [9.17, 15) is 13.5 Å². The van der Waals surface area contributed by atoms with Crippen LogP contribution in [-0.4, -0.2) is 41.1 Å². The lowest BCUT2D eigenvalue weighted by molar-refractivity contribution is 0.373. The van der Waals surface area contributed by atoms with Crippen LogP contribution in [0.25, 0.3) is 0 Å². The number of ether oxygens (including phenoxy) is 3. The molecule has 2 aromatic rings. The van der Waals surface area contributed by atoms with Gasteiger partial charge in [-0.05, 0) is 24.3 Å². The largest absolute Gasteiger partial charge is 0.504 e. The fraction of sp³-hybridized carbons (Fsp3) is 0.188. The van der Waals surface area contributed by atoms with Crippen molar-refractivity contribution in [1.82, 2.24) is 4.83 Å². The van der Waals surface area contributed by atoms with Crippen LogP contribution in [0, 0.1) is 0 Å². The highest BCUT2D eigenvalue weighted by Crippen LogP contribution is 2.29. The zero-order chi connectivity index (χ0) is 18.4. The van der Waals surface area contributed by atoms with Gasteiger partial charge in [-0.15, -0.1) is 0 Å². The van der Waals surface area contributed by atoms with Crippen molar-refractivity contribution < 1.29 is 27.7 Å². The van der Waals surface area contributed by atoms with E-state index in [4.69, 9.17) is 14.2 Å². The second kappa shape index (κ2) is 7.75. The van der Waals surface area contributed by atoms with E-state index < -0.39 is 10.0 Å². The van der Waals surface area contributed by atoms with Crippen molar-refractivity contribution >= 4 is 16.2 Å². The number of rotatable bonds is 7. The molecule has 0 saturated heterocycles. The van der Waals surface area contributed by atoms with Crippen LogP contribution in [0.2, 0.25) is 0 Å². The molecule has 0 aromatic heterocycles. The number of phenols is 1. The maximum absolute atomic E-state index is 12.4. The topological polar surface area (TPSA) is 106 Å². The molecule has 0 amide bonds. The number of para-hydroxylation sites is 1. The summed E-state index contributed by atoms with van der Waals surface area (Å²) in [6.45, 7) is 0. The number of hydrogen-bond acceptors (Lipinski definition) is 7. The van der Waals surface area contributed by atoms with Crippen molar-refractivity contribution in [2.45, 2.75) is 4.90 Å². The minimum absolute atomic E-state index is 0.124. The predicted molar refractivity (Wildman–Crippen MR) is 92.1 cm³/mol. The fourth-order valence-electron chi connectivity index (χ4n) is 2.02. The number of nitrogens with one attached hydrogen (secondary N) is 1. The lowest BCUT2D eigenvalue weighted by Gasteiger charge is -2.10. The molecule has 0 saturated carbocycles. The van der Waals surface area contributed by atoms with Gasteiger partial charge in [-0.1, -0.05) is 6.07 Å². The first kappa shape index (κ1) is 18.4. The number of sulfonamides is 1. The van der Waals surface area contributed by atoms with E-state index in [1.54, 1.807) is 24.3 Å². The molecule has 2 N–H and O–H groups in total. The van der Waals surface area contributed by atoms with Crippen molar-refractivity contribution in [3.63, 3.8) is 0 Å². The van der Waals surface area contributed by atoms with Crippen LogP contribution in [0.15, 0.2) is 46.4 Å². The molecule has 0 unspecified atom stereocenters. The Morgan fingerprint density at radius 1 is 1.04 bits per heavy atom. The third-order valence-electron chi connectivity index (χ3n) is 3.29. The summed E-state index contributed by atoms with van der Waals surface area (Å²) in [5, 5.41) is 13.6. The smallest absolute Gasteiger partial charge is 0.280 e. The van der Waals surface area contributed by atoms with E-state index >= 15 is 0 Å². The number of hydrazone groups is 1. The Kier molecular flexibility index (Phi) is 5.71. The van der Waals surface area contributed by atoms with Crippen LogP contribution >= 0.6 is 0 Å². The average Bonchev–Trinajstić information content (AvgIpc) is 2.62. The van der Waals surface area contributed by atoms with E-state index in [0.717, 1.165) is 0 Å². The monoisotopic (exact) mass is 366 g/mol. The summed E-state index contributed by atoms with van der Waals surface area (Å²) >= 11 is 0. The van der Waals surface area contributed by atoms with Gasteiger partial charge in [0.2, 0.25) is 0 Å². The Bertz CT molecular complexity index is 880. The van der Waals surface area contributed by atoms with E-state index in [2.05, 4.69) is 9.93 Å². The normalized spacial score (nSPS) is 11.3. The highest BCUT2D eigenvalue weighted by molar-refractivity contribution is 7.89. The number of benzene rings is 2. The quantitative estimate of drug-likeness (QED) is 0.571. The Hall–Kier alpha value is -2.94. The molecule has 0 radical (unpaired) electrons. The van der Waals surface area contributed by atoms with Gasteiger partial charge in [0.1, 0.15) is 16.4 Å². The minimum Gasteiger partial charge on any atom is -0.504 e. The van der Waals surface area contributed by atoms with E-state index in [1.165, 1.54) is 39.7 Å². The summed E-state index contributed by atoms with van der Waals surface area (Å²) < 4.78 is 39.9. The van der Waals surface area contributed by atoms with Crippen molar-refractivity contribution in [3.8, 4) is 23.0 Å². The molecule has 0 atom stereocenters. The summed E-state index contributed by atoms with van der Waals surface area (Å²) in [5.74, 6) is 0.608. The van der Waals surface area contributed by atoms with Gasteiger partial charge >= 0.3 is 0 Å². The van der Waals surface area contributed by atoms with Crippen LogP contribution in [-0.2, 0) is 10.0 Å². The lowest BCUT2D eigenvalue weighted by Crippen LogP contribution is -2.19. The van der Waals surface area contributed by atoms with Gasteiger partial charge < -0.3 is 19.3 Å². The third kappa shape index (κ3) is 4.13. The van der Waals surface area contributed by atoms with Gasteiger partial charge in [-0.2, -0.15) is 18.4 Å². The maximum Gasteiger partial charge on any atom is 0.280 e. The van der Waals surface area contributed by atoms with Crippen molar-refractivity contribution in [3.05, 3.63) is 42.0 Å². The molecule has 0 heterocycles. The minimum atomic E-state index is -4.00. The molecule has 0 aliphatic rings. The van der Waals surface area contributed by atoms with Gasteiger partial charge in [0.15, 0.2) is 11.5 Å². The summed E-state index contributed by atoms with van der Waals surface area (Å²) in [6.07, 6.45) is 1.17. The summed E-state index contributed by atoms with van der Waals surface area (Å²) in [6, 6.07) is 9.14. The molecule has 0 aliphatic heterocycles. The number of phenolic OH excluding ortho intramolecular Hbond substituents is 1. The van der Waals surface area contributed by atoms with Crippen LogP contribution in [0.1, 0.15) is 5.56 Å². The molecule has 9 heteroatoms. The maximum atomic E-state index is 12.4. The second-order valence-electron chi connectivity index (χ2n) is 4.77. The highest BCUT2D eigenvalue weighted by Gasteiger charge is 2.20. The molecule has 0 aliphatic carbocycles. The molecule has 0 spiro atoms. The fourth-order valence-corrected chi connectivity index (χ4v) is 2.99. The zero-order valence-corrected chi connectivity index (χ0v) is 14.7. The van der Waals surface area contributed by atoms with Gasteiger partial charge in [0.25, 0.3) is 10.0 Å². The Balaban J connectivity index is 2.28. The molecular formula is C16H18N2O6S. The molecule has 0 bridgehead atoms. The number of nitrogens with zero attached hydrogens (tertiary/aromatic N) is 1. The van der Waals surface area contributed by atoms with Crippen LogP contribution in [0.4, 0.5) is 0 Å². The summed E-state index contributed by atoms with van der Waals surface area (Å²) in [7, 11) is 0.196. The Morgan fingerprint density at radius 2 is 1.76 bits per heavy atom. The molecular weight excluding hydrogens is 348 g/mol. The van der Waals surface area contributed by atoms with Gasteiger partial charge in [0.05, 0.1) is 27.5 Å². The second-order valence-corrected chi connectivity index (χ2v) is 6.40. The number of aromatic hydroxyl groups is 1. The van der Waals surface area contributed by atoms with Crippen LogP contribution in [0.5, 0.6) is 23.0 Å². The highest BCUT2D eigenvalue weighted by atomic mass is 32.2. The Labute approximate surface area is 145 Å². The zero-order valence-electron chi connectivity index (χ0n) is 13.9. The van der Waals surface area contributed by atoms with Crippen LogP contribution < -0.4 is 19.0 Å². The molecule has 0 fully saturated rings. The van der Waals surface area contributed by atoms with Crippen LogP contribution in [0.3, 0.4) is 0 Å². The Morgan fingerprint density at radius 3 is 2.40 bits per heavy atom. The first-order valence-electron chi connectivity index (χ1n) is 7.05. The van der Waals surface area contributed by atoms with E-state index in [0.29, 0.717) is 11.3 Å². The standard InChI is InChI=1S/C16H18N2O6S/c1-22-12-7-8-13(23-2)15(9-12)25(20,21)18-17-10-11-5-4-6-14(24-3)16(11)19/h4-10,18-19H,1-3H3/b17-10+. The van der Waals surface area contributed by atoms with Crippen molar-refractivity contribution in [1.29, 1.82) is 0 Å². The molecule has 134 valence electrons. The summed E-state index contributed by atoms with van der Waals surface area (Å²) in [5.41, 5.74) is 0.291. The summed E-state index contributed by atoms with van der Waals surface area (Å²) in [4.78, 5) is 1.94. The molecule has 2 rings (SSSR count).